The van der Waals surface area contributed by atoms with Crippen molar-refractivity contribution in [2.45, 2.75) is 12.8 Å². The number of rotatable bonds is 4. The third-order valence-electron chi connectivity index (χ3n) is 5.42. The first-order valence-electron chi connectivity index (χ1n) is 9.63. The number of aromatic hydroxyl groups is 1. The minimum absolute atomic E-state index is 0.134. The van der Waals surface area contributed by atoms with Gasteiger partial charge in [0.2, 0.25) is 0 Å². The molecule has 0 amide bonds. The van der Waals surface area contributed by atoms with Crippen LogP contribution in [0.1, 0.15) is 18.4 Å². The van der Waals surface area contributed by atoms with E-state index in [0.29, 0.717) is 53.8 Å². The summed E-state index contributed by atoms with van der Waals surface area (Å²) in [7, 11) is 1.38. The van der Waals surface area contributed by atoms with Gasteiger partial charge in [-0.05, 0) is 43.2 Å². The maximum atomic E-state index is 14.7. The predicted molar refractivity (Wildman–Crippen MR) is 111 cm³/mol. The fourth-order valence-corrected chi connectivity index (χ4v) is 3.80. The van der Waals surface area contributed by atoms with Crippen molar-refractivity contribution in [3.8, 4) is 5.88 Å². The highest BCUT2D eigenvalue weighted by Crippen LogP contribution is 2.30. The van der Waals surface area contributed by atoms with Gasteiger partial charge in [-0.1, -0.05) is 0 Å². The van der Waals surface area contributed by atoms with Crippen LogP contribution in [-0.4, -0.2) is 42.5 Å². The lowest BCUT2D eigenvalue weighted by Crippen LogP contribution is -2.37. The van der Waals surface area contributed by atoms with Crippen molar-refractivity contribution in [1.29, 1.82) is 0 Å². The number of aromatic amines is 1. The van der Waals surface area contributed by atoms with Crippen LogP contribution in [0.5, 0.6) is 5.88 Å². The summed E-state index contributed by atoms with van der Waals surface area (Å²) in [6, 6.07) is 8.79. The van der Waals surface area contributed by atoms with Gasteiger partial charge in [0, 0.05) is 30.8 Å². The molecule has 0 radical (unpaired) electrons. The number of ether oxygens (including phenoxy) is 1. The molecule has 2 N–H and O–H groups in total. The van der Waals surface area contributed by atoms with Gasteiger partial charge in [-0.15, -0.1) is 0 Å². The van der Waals surface area contributed by atoms with E-state index in [4.69, 9.17) is 4.74 Å². The average Bonchev–Trinajstić information content (AvgIpc) is 3.05. The summed E-state index contributed by atoms with van der Waals surface area (Å²) in [4.78, 5) is 20.5. The summed E-state index contributed by atoms with van der Waals surface area (Å²) in [5.74, 6) is -1.32. The van der Waals surface area contributed by atoms with Crippen molar-refractivity contribution in [1.82, 2.24) is 4.98 Å². The molecule has 6 nitrogen and oxygen atoms in total. The smallest absolute Gasteiger partial charge is 0.308 e. The molecule has 0 spiro atoms. The van der Waals surface area contributed by atoms with Gasteiger partial charge in [0.15, 0.2) is 5.88 Å². The number of benzene rings is 2. The van der Waals surface area contributed by atoms with Crippen molar-refractivity contribution in [3.05, 3.63) is 53.6 Å². The highest BCUT2D eigenvalue weighted by molar-refractivity contribution is 6.02. The zero-order valence-electron chi connectivity index (χ0n) is 16.4. The van der Waals surface area contributed by atoms with Crippen molar-refractivity contribution in [2.24, 2.45) is 10.9 Å². The van der Waals surface area contributed by atoms with Gasteiger partial charge in [-0.3, -0.25) is 9.79 Å². The highest BCUT2D eigenvalue weighted by atomic mass is 19.1. The molecule has 0 unspecified atom stereocenters. The van der Waals surface area contributed by atoms with E-state index in [0.717, 1.165) is 0 Å². The second-order valence-electron chi connectivity index (χ2n) is 7.26. The number of aromatic nitrogens is 1. The van der Waals surface area contributed by atoms with E-state index in [1.54, 1.807) is 18.2 Å². The summed E-state index contributed by atoms with van der Waals surface area (Å²) in [6.07, 6.45) is 2.65. The van der Waals surface area contributed by atoms with E-state index < -0.39 is 11.6 Å². The van der Waals surface area contributed by atoms with Crippen molar-refractivity contribution >= 4 is 34.5 Å². The molecule has 1 aliphatic heterocycles. The van der Waals surface area contributed by atoms with Crippen LogP contribution in [0, 0.1) is 17.6 Å². The van der Waals surface area contributed by atoms with Crippen LogP contribution >= 0.6 is 0 Å². The van der Waals surface area contributed by atoms with Crippen LogP contribution in [0.2, 0.25) is 0 Å². The first-order chi connectivity index (χ1) is 14.5. The topological polar surface area (TPSA) is 77.9 Å². The fourth-order valence-electron chi connectivity index (χ4n) is 3.80. The molecule has 1 saturated heterocycles. The standard InChI is InChI=1S/C22H21F2N3O3/c1-30-22(29)13-6-8-27(9-7-13)20-5-3-15(11-18(20)24)25-12-17-16-4-2-14(23)10-19(16)26-21(17)28/h2-5,10-13,26,28H,6-9H2,1H3. The van der Waals surface area contributed by atoms with Gasteiger partial charge in [-0.25, -0.2) is 8.78 Å². The van der Waals surface area contributed by atoms with Crippen LogP contribution in [0.3, 0.4) is 0 Å². The number of piperidine rings is 1. The number of nitrogens with zero attached hydrogens (tertiary/aromatic N) is 2. The van der Waals surface area contributed by atoms with Gasteiger partial charge in [-0.2, -0.15) is 0 Å². The van der Waals surface area contributed by atoms with E-state index in [1.807, 2.05) is 4.90 Å². The molecule has 2 aromatic carbocycles. The van der Waals surface area contributed by atoms with Gasteiger partial charge in [0.05, 0.1) is 35.5 Å². The molecule has 0 bridgehead atoms. The number of carbonyl (C=O) groups is 1. The number of esters is 1. The second kappa shape index (κ2) is 8.14. The van der Waals surface area contributed by atoms with Crippen molar-refractivity contribution < 1.29 is 23.4 Å². The summed E-state index contributed by atoms with van der Waals surface area (Å²) < 4.78 is 32.8. The lowest BCUT2D eigenvalue weighted by atomic mass is 9.96. The summed E-state index contributed by atoms with van der Waals surface area (Å²) in [5.41, 5.74) is 1.70. The number of anilines is 1. The van der Waals surface area contributed by atoms with Crippen LogP contribution in [0.4, 0.5) is 20.2 Å². The Morgan fingerprint density at radius 1 is 1.23 bits per heavy atom. The van der Waals surface area contributed by atoms with Crippen LogP contribution in [0.25, 0.3) is 10.9 Å². The number of aliphatic imine (C=N–C) groups is 1. The summed E-state index contributed by atoms with van der Waals surface area (Å²) >= 11 is 0. The molecule has 0 aliphatic carbocycles. The van der Waals surface area contributed by atoms with E-state index in [2.05, 4.69) is 9.98 Å². The second-order valence-corrected chi connectivity index (χ2v) is 7.26. The number of carbonyl (C=O) groups excluding carboxylic acids is 1. The first kappa shape index (κ1) is 19.9. The van der Waals surface area contributed by atoms with Crippen LogP contribution in [0.15, 0.2) is 41.4 Å². The molecule has 2 heterocycles. The highest BCUT2D eigenvalue weighted by Gasteiger charge is 2.26. The number of hydrogen-bond donors (Lipinski definition) is 2. The van der Waals surface area contributed by atoms with Crippen LogP contribution < -0.4 is 4.90 Å². The molecule has 1 aromatic heterocycles. The Hall–Kier alpha value is -3.42. The predicted octanol–water partition coefficient (Wildman–Crippen LogP) is 4.29. The average molecular weight is 413 g/mol. The molecule has 4 rings (SSSR count). The Morgan fingerprint density at radius 2 is 2.00 bits per heavy atom. The Bertz CT molecular complexity index is 1120. The molecule has 30 heavy (non-hydrogen) atoms. The maximum Gasteiger partial charge on any atom is 0.308 e. The first-order valence-corrected chi connectivity index (χ1v) is 9.63. The third kappa shape index (κ3) is 3.85. The molecule has 1 aliphatic rings. The van der Waals surface area contributed by atoms with E-state index >= 15 is 0 Å². The SMILES string of the molecule is COC(=O)C1CCN(c2ccc(N=Cc3c(O)[nH]c4cc(F)ccc34)cc2F)CC1. The van der Waals surface area contributed by atoms with Gasteiger partial charge in [0.25, 0.3) is 0 Å². The monoisotopic (exact) mass is 413 g/mol. The normalized spacial score (nSPS) is 15.2. The summed E-state index contributed by atoms with van der Waals surface area (Å²) in [6.45, 7) is 1.14. The largest absolute Gasteiger partial charge is 0.494 e. The minimum Gasteiger partial charge on any atom is -0.494 e. The molecular formula is C22H21F2N3O3. The zero-order chi connectivity index (χ0) is 21.3. The van der Waals surface area contributed by atoms with E-state index in [9.17, 15) is 18.7 Å². The Morgan fingerprint density at radius 3 is 2.70 bits per heavy atom. The Labute approximate surface area is 171 Å². The zero-order valence-corrected chi connectivity index (χ0v) is 16.4. The van der Waals surface area contributed by atoms with Gasteiger partial charge < -0.3 is 19.7 Å². The number of methoxy groups -OCH3 is 1. The lowest BCUT2D eigenvalue weighted by Gasteiger charge is -2.32. The van der Waals surface area contributed by atoms with Gasteiger partial charge >= 0.3 is 5.97 Å². The molecular weight excluding hydrogens is 392 g/mol. The maximum absolute atomic E-state index is 14.7. The number of halogens is 2. The molecule has 0 atom stereocenters. The minimum atomic E-state index is -0.416. The number of fused-ring (bicyclic) bond motifs is 1. The Kier molecular flexibility index (Phi) is 5.39. The molecule has 156 valence electrons. The molecule has 3 aromatic rings. The molecule has 8 heteroatoms. The number of nitrogens with one attached hydrogen (secondary N) is 1. The Balaban J connectivity index is 1.50. The van der Waals surface area contributed by atoms with E-state index in [1.165, 1.54) is 31.5 Å². The molecule has 1 fully saturated rings. The van der Waals surface area contributed by atoms with Gasteiger partial charge in [0.1, 0.15) is 11.6 Å². The third-order valence-corrected chi connectivity index (χ3v) is 5.42. The van der Waals surface area contributed by atoms with E-state index in [-0.39, 0.29) is 17.8 Å². The van der Waals surface area contributed by atoms with Crippen molar-refractivity contribution in [3.63, 3.8) is 0 Å². The number of H-pyrrole nitrogens is 1. The summed E-state index contributed by atoms with van der Waals surface area (Å²) in [5, 5.41) is 10.7. The quantitative estimate of drug-likeness (QED) is 0.494. The van der Waals surface area contributed by atoms with Crippen molar-refractivity contribution in [2.75, 3.05) is 25.1 Å². The molecule has 0 saturated carbocycles. The number of hydrogen-bond acceptors (Lipinski definition) is 5. The fraction of sp³-hybridized carbons (Fsp3) is 0.273. The van der Waals surface area contributed by atoms with Crippen LogP contribution in [-0.2, 0) is 9.53 Å². The lowest BCUT2D eigenvalue weighted by molar-refractivity contribution is -0.146.